The Kier molecular flexibility index (Phi) is 5.17. The third kappa shape index (κ3) is 3.78. The maximum absolute atomic E-state index is 13.5. The molecule has 0 unspecified atom stereocenters. The second kappa shape index (κ2) is 8.07. The second-order valence-corrected chi connectivity index (χ2v) is 6.58. The van der Waals surface area contributed by atoms with Crippen molar-refractivity contribution in [2.24, 2.45) is 0 Å². The van der Waals surface area contributed by atoms with Crippen molar-refractivity contribution in [3.63, 3.8) is 0 Å². The molecule has 1 aliphatic carbocycles. The zero-order chi connectivity index (χ0) is 20.2. The number of carbonyl (C=O) groups excluding carboxylic acids is 1. The number of anilines is 1. The molecule has 0 radical (unpaired) electrons. The predicted molar refractivity (Wildman–Crippen MR) is 109 cm³/mol. The van der Waals surface area contributed by atoms with Gasteiger partial charge in [-0.3, -0.25) is 5.32 Å². The highest BCUT2D eigenvalue weighted by Gasteiger charge is 2.29. The fraction of sp³-hybridized carbons (Fsp3) is 0.125. The van der Waals surface area contributed by atoms with Crippen molar-refractivity contribution in [2.45, 2.75) is 5.92 Å². The summed E-state index contributed by atoms with van der Waals surface area (Å²) in [6.07, 6.45) is 4.53. The van der Waals surface area contributed by atoms with Gasteiger partial charge in [-0.15, -0.1) is 6.42 Å². The van der Waals surface area contributed by atoms with E-state index in [4.69, 9.17) is 15.9 Å². The van der Waals surface area contributed by atoms with Crippen molar-refractivity contribution in [1.82, 2.24) is 0 Å². The average molecular weight is 387 g/mol. The van der Waals surface area contributed by atoms with Crippen LogP contribution in [-0.4, -0.2) is 19.3 Å². The van der Waals surface area contributed by atoms with Crippen molar-refractivity contribution in [3.8, 4) is 29.2 Å². The predicted octanol–water partition coefficient (Wildman–Crippen LogP) is 5.20. The van der Waals surface area contributed by atoms with Gasteiger partial charge >= 0.3 is 6.09 Å². The van der Waals surface area contributed by atoms with Gasteiger partial charge in [-0.25, -0.2) is 9.18 Å². The maximum atomic E-state index is 13.5. The van der Waals surface area contributed by atoms with E-state index in [0.29, 0.717) is 5.69 Å². The highest BCUT2D eigenvalue weighted by Crippen LogP contribution is 2.44. The SMILES string of the molecule is C#CCOc1cc(F)ccc1NC(=O)OCC1c2ccccc2-c2ccccc21. The van der Waals surface area contributed by atoms with E-state index < -0.39 is 11.9 Å². The summed E-state index contributed by atoms with van der Waals surface area (Å²) in [6, 6.07) is 20.0. The van der Waals surface area contributed by atoms with Crippen molar-refractivity contribution >= 4 is 11.8 Å². The van der Waals surface area contributed by atoms with Crippen molar-refractivity contribution in [2.75, 3.05) is 18.5 Å². The Morgan fingerprint density at radius 3 is 2.34 bits per heavy atom. The van der Waals surface area contributed by atoms with Crippen molar-refractivity contribution in [1.29, 1.82) is 0 Å². The Balaban J connectivity index is 1.48. The highest BCUT2D eigenvalue weighted by molar-refractivity contribution is 5.87. The maximum Gasteiger partial charge on any atom is 0.411 e. The number of benzene rings is 3. The van der Waals surface area contributed by atoms with Crippen LogP contribution in [0, 0.1) is 18.2 Å². The molecule has 0 saturated carbocycles. The van der Waals surface area contributed by atoms with Crippen LogP contribution in [0.5, 0.6) is 5.75 Å². The number of terminal acetylenes is 1. The first-order chi connectivity index (χ1) is 14.2. The lowest BCUT2D eigenvalue weighted by atomic mass is 9.98. The van der Waals surface area contributed by atoms with E-state index in [2.05, 4.69) is 23.4 Å². The van der Waals surface area contributed by atoms with Gasteiger partial charge in [0.15, 0.2) is 0 Å². The fourth-order valence-electron chi connectivity index (χ4n) is 3.58. The van der Waals surface area contributed by atoms with Gasteiger partial charge in [0, 0.05) is 12.0 Å². The minimum absolute atomic E-state index is 0.0389. The largest absolute Gasteiger partial charge is 0.479 e. The lowest BCUT2D eigenvalue weighted by molar-refractivity contribution is 0.158. The molecule has 1 aliphatic rings. The molecule has 0 saturated heterocycles. The summed E-state index contributed by atoms with van der Waals surface area (Å²) < 4.78 is 24.3. The van der Waals surface area contributed by atoms with Gasteiger partial charge in [-0.05, 0) is 34.4 Å². The van der Waals surface area contributed by atoms with Gasteiger partial charge < -0.3 is 9.47 Å². The summed E-state index contributed by atoms with van der Waals surface area (Å²) in [5, 5.41) is 2.60. The Bertz CT molecular complexity index is 1060. The smallest absolute Gasteiger partial charge is 0.411 e. The molecule has 29 heavy (non-hydrogen) atoms. The monoisotopic (exact) mass is 387 g/mol. The lowest BCUT2D eigenvalue weighted by Gasteiger charge is -2.15. The van der Waals surface area contributed by atoms with Gasteiger partial charge in [0.1, 0.15) is 24.8 Å². The second-order valence-electron chi connectivity index (χ2n) is 6.58. The minimum atomic E-state index is -0.649. The number of hydrogen-bond donors (Lipinski definition) is 1. The van der Waals surface area contributed by atoms with Crippen LogP contribution < -0.4 is 10.1 Å². The molecule has 4 rings (SSSR count). The number of nitrogens with one attached hydrogen (secondary N) is 1. The number of carbonyl (C=O) groups is 1. The molecule has 0 bridgehead atoms. The van der Waals surface area contributed by atoms with Crippen LogP contribution in [0.4, 0.5) is 14.9 Å². The molecule has 0 heterocycles. The summed E-state index contributed by atoms with van der Waals surface area (Å²) in [4.78, 5) is 12.4. The molecule has 1 N–H and O–H groups in total. The molecule has 0 aliphatic heterocycles. The van der Waals surface area contributed by atoms with Gasteiger partial charge in [0.25, 0.3) is 0 Å². The average Bonchev–Trinajstić information content (AvgIpc) is 3.06. The van der Waals surface area contributed by atoms with Gasteiger partial charge in [-0.2, -0.15) is 0 Å². The summed E-state index contributed by atoms with van der Waals surface area (Å²) in [7, 11) is 0. The van der Waals surface area contributed by atoms with Crippen LogP contribution in [0.3, 0.4) is 0 Å². The molecule has 144 valence electrons. The quantitative estimate of drug-likeness (QED) is 0.612. The molecule has 0 fully saturated rings. The number of amides is 1. The molecular formula is C24H18FNO3. The topological polar surface area (TPSA) is 47.6 Å². The number of rotatable bonds is 5. The van der Waals surface area contributed by atoms with E-state index in [0.717, 1.165) is 28.3 Å². The minimum Gasteiger partial charge on any atom is -0.479 e. The van der Waals surface area contributed by atoms with Crippen molar-refractivity contribution in [3.05, 3.63) is 83.7 Å². The van der Waals surface area contributed by atoms with Gasteiger partial charge in [-0.1, -0.05) is 54.5 Å². The normalized spacial score (nSPS) is 11.9. The Hall–Kier alpha value is -3.78. The molecule has 4 nitrogen and oxygen atoms in total. The first kappa shape index (κ1) is 18.6. The molecule has 3 aromatic rings. The molecule has 0 atom stereocenters. The van der Waals surface area contributed by atoms with Crippen LogP contribution >= 0.6 is 0 Å². The number of ether oxygens (including phenoxy) is 2. The number of hydrogen-bond acceptors (Lipinski definition) is 3. The van der Waals surface area contributed by atoms with Crippen LogP contribution in [0.15, 0.2) is 66.7 Å². The molecule has 0 spiro atoms. The third-order valence-electron chi connectivity index (χ3n) is 4.84. The zero-order valence-corrected chi connectivity index (χ0v) is 15.5. The van der Waals surface area contributed by atoms with Crippen LogP contribution in [0.1, 0.15) is 17.0 Å². The van der Waals surface area contributed by atoms with E-state index in [1.807, 2.05) is 36.4 Å². The van der Waals surface area contributed by atoms with Crippen LogP contribution in [0.25, 0.3) is 11.1 Å². The molecule has 0 aromatic heterocycles. The summed E-state index contributed by atoms with van der Waals surface area (Å²) >= 11 is 0. The summed E-state index contributed by atoms with van der Waals surface area (Å²) in [5.41, 5.74) is 4.85. The standard InChI is InChI=1S/C24H18FNO3/c1-2-13-28-23-14-16(25)11-12-22(23)26-24(27)29-15-21-19-9-5-3-7-17(19)18-8-4-6-10-20(18)21/h1,3-12,14,21H,13,15H2,(H,26,27). The van der Waals surface area contributed by atoms with E-state index in [1.54, 1.807) is 0 Å². The van der Waals surface area contributed by atoms with E-state index >= 15 is 0 Å². The fourth-order valence-corrected chi connectivity index (χ4v) is 3.58. The first-order valence-electron chi connectivity index (χ1n) is 9.15. The highest BCUT2D eigenvalue weighted by atomic mass is 19.1. The van der Waals surface area contributed by atoms with Crippen LogP contribution in [0.2, 0.25) is 0 Å². The molecular weight excluding hydrogens is 369 g/mol. The molecule has 5 heteroatoms. The molecule has 1 amide bonds. The zero-order valence-electron chi connectivity index (χ0n) is 15.5. The Morgan fingerprint density at radius 1 is 1.03 bits per heavy atom. The van der Waals surface area contributed by atoms with Crippen LogP contribution in [-0.2, 0) is 4.74 Å². The van der Waals surface area contributed by atoms with Gasteiger partial charge in [0.05, 0.1) is 5.69 Å². The third-order valence-corrected chi connectivity index (χ3v) is 4.84. The Morgan fingerprint density at radius 2 is 1.69 bits per heavy atom. The first-order valence-corrected chi connectivity index (χ1v) is 9.15. The van der Waals surface area contributed by atoms with E-state index in [1.165, 1.54) is 12.1 Å². The number of halogens is 1. The van der Waals surface area contributed by atoms with E-state index in [9.17, 15) is 9.18 Å². The van der Waals surface area contributed by atoms with E-state index in [-0.39, 0.29) is 24.9 Å². The summed E-state index contributed by atoms with van der Waals surface area (Å²) in [6.45, 7) is 0.143. The Labute approximate surface area is 168 Å². The lowest BCUT2D eigenvalue weighted by Crippen LogP contribution is -2.18. The molecule has 3 aromatic carbocycles. The number of fused-ring (bicyclic) bond motifs is 3. The summed E-state index contributed by atoms with van der Waals surface area (Å²) in [5.74, 6) is 1.92. The van der Waals surface area contributed by atoms with Crippen molar-refractivity contribution < 1.29 is 18.7 Å². The van der Waals surface area contributed by atoms with Gasteiger partial charge in [0.2, 0.25) is 0 Å².